The van der Waals surface area contributed by atoms with E-state index in [0.717, 1.165) is 0 Å². The summed E-state index contributed by atoms with van der Waals surface area (Å²) in [5.41, 5.74) is 0.790. The lowest BCUT2D eigenvalue weighted by molar-refractivity contribution is -0.384. The number of amides is 1. The number of hydrogen-bond acceptors (Lipinski definition) is 7. The number of halogens is 1. The van der Waals surface area contributed by atoms with Crippen LogP contribution in [0.4, 0.5) is 11.4 Å². The molecule has 33 heavy (non-hydrogen) atoms. The number of para-hydroxylation sites is 1. The normalized spacial score (nSPS) is 11.2. The molecule has 10 heteroatoms. The summed E-state index contributed by atoms with van der Waals surface area (Å²) in [6.45, 7) is -0.525. The first-order valence-corrected chi connectivity index (χ1v) is 10.3. The summed E-state index contributed by atoms with van der Waals surface area (Å²) in [4.78, 5) is 46.9. The van der Waals surface area contributed by atoms with Gasteiger partial charge in [-0.15, -0.1) is 0 Å². The molecule has 0 saturated heterocycles. The maximum absolute atomic E-state index is 13.0. The van der Waals surface area contributed by atoms with Crippen molar-refractivity contribution in [2.75, 3.05) is 11.9 Å². The fraction of sp³-hybridized carbons (Fsp3) is 0.0870. The van der Waals surface area contributed by atoms with E-state index >= 15 is 0 Å². The van der Waals surface area contributed by atoms with Crippen molar-refractivity contribution in [3.63, 3.8) is 0 Å². The van der Waals surface area contributed by atoms with Gasteiger partial charge in [0.2, 0.25) is 6.10 Å². The number of nitrogens with zero attached hydrogens (tertiary/aromatic N) is 1. The zero-order chi connectivity index (χ0) is 23.8. The summed E-state index contributed by atoms with van der Waals surface area (Å²) in [6.07, 6.45) is -0.714. The second-order valence-electron chi connectivity index (χ2n) is 6.64. The van der Waals surface area contributed by atoms with Crippen molar-refractivity contribution in [2.45, 2.75) is 6.10 Å². The predicted octanol–water partition coefficient (Wildman–Crippen LogP) is 4.47. The van der Waals surface area contributed by atoms with Crippen LogP contribution in [0.2, 0.25) is 0 Å². The van der Waals surface area contributed by atoms with Crippen molar-refractivity contribution in [3.05, 3.63) is 98.5 Å². The Bertz CT molecular complexity index is 1180. The first kappa shape index (κ1) is 23.6. The van der Waals surface area contributed by atoms with E-state index in [1.165, 1.54) is 30.3 Å². The fourth-order valence-electron chi connectivity index (χ4n) is 2.83. The Kier molecular flexibility index (Phi) is 7.87. The van der Waals surface area contributed by atoms with E-state index < -0.39 is 29.5 Å². The molecule has 0 aliphatic heterocycles. The van der Waals surface area contributed by atoms with Crippen LogP contribution >= 0.6 is 15.9 Å². The molecule has 168 valence electrons. The number of anilines is 1. The average molecular weight is 513 g/mol. The van der Waals surface area contributed by atoms with Crippen LogP contribution in [0.15, 0.2) is 77.3 Å². The third-order valence-electron chi connectivity index (χ3n) is 4.40. The smallest absolute Gasteiger partial charge is 0.345 e. The number of non-ortho nitro benzene ring substituents is 1. The number of nitro groups is 1. The molecule has 0 heterocycles. The van der Waals surface area contributed by atoms with Crippen LogP contribution in [-0.4, -0.2) is 29.7 Å². The standard InChI is InChI=1S/C23H17BrN2O7/c24-18-12-17(26(30)31)10-11-19(18)25-23(29)22(15-6-2-1-3-7-15)33-21(28)14-32-20-9-5-4-8-16(20)13-27/h1-13,22H,14H2,(H,25,29). The van der Waals surface area contributed by atoms with Crippen LogP contribution in [0.25, 0.3) is 0 Å². The van der Waals surface area contributed by atoms with Crippen molar-refractivity contribution in [2.24, 2.45) is 0 Å². The molecule has 9 nitrogen and oxygen atoms in total. The van der Waals surface area contributed by atoms with Crippen molar-refractivity contribution in [1.82, 2.24) is 0 Å². The first-order valence-electron chi connectivity index (χ1n) is 9.55. The Morgan fingerprint density at radius 1 is 1.06 bits per heavy atom. The Morgan fingerprint density at radius 3 is 2.42 bits per heavy atom. The predicted molar refractivity (Wildman–Crippen MR) is 122 cm³/mol. The molecule has 1 N–H and O–H groups in total. The van der Waals surface area contributed by atoms with Gasteiger partial charge in [-0.3, -0.25) is 19.7 Å². The van der Waals surface area contributed by atoms with Crippen LogP contribution in [0.1, 0.15) is 22.0 Å². The molecule has 0 radical (unpaired) electrons. The van der Waals surface area contributed by atoms with E-state index in [0.29, 0.717) is 11.8 Å². The number of aldehydes is 1. The quantitative estimate of drug-likeness (QED) is 0.194. The highest BCUT2D eigenvalue weighted by atomic mass is 79.9. The number of rotatable bonds is 9. The van der Waals surface area contributed by atoms with E-state index in [1.807, 2.05) is 0 Å². The zero-order valence-corrected chi connectivity index (χ0v) is 18.6. The molecule has 1 atom stereocenters. The lowest BCUT2D eigenvalue weighted by atomic mass is 10.1. The number of esters is 1. The molecule has 0 spiro atoms. The minimum Gasteiger partial charge on any atom is -0.481 e. The highest BCUT2D eigenvalue weighted by molar-refractivity contribution is 9.10. The fourth-order valence-corrected chi connectivity index (χ4v) is 3.30. The van der Waals surface area contributed by atoms with Crippen LogP contribution < -0.4 is 10.1 Å². The topological polar surface area (TPSA) is 125 Å². The Balaban J connectivity index is 1.75. The Labute approximate surface area is 196 Å². The first-order chi connectivity index (χ1) is 15.9. The van der Waals surface area contributed by atoms with Crippen LogP contribution in [-0.2, 0) is 14.3 Å². The maximum atomic E-state index is 13.0. The van der Waals surface area contributed by atoms with Gasteiger partial charge in [0.1, 0.15) is 5.75 Å². The molecular formula is C23H17BrN2O7. The molecule has 0 fully saturated rings. The van der Waals surface area contributed by atoms with E-state index in [4.69, 9.17) is 9.47 Å². The van der Waals surface area contributed by atoms with Gasteiger partial charge in [0, 0.05) is 22.2 Å². The zero-order valence-electron chi connectivity index (χ0n) is 17.0. The van der Waals surface area contributed by atoms with Gasteiger partial charge in [0.25, 0.3) is 11.6 Å². The van der Waals surface area contributed by atoms with Gasteiger partial charge in [-0.05, 0) is 34.1 Å². The van der Waals surface area contributed by atoms with Crippen LogP contribution in [0, 0.1) is 10.1 Å². The summed E-state index contributed by atoms with van der Waals surface area (Å²) in [5, 5.41) is 13.5. The van der Waals surface area contributed by atoms with Crippen molar-refractivity contribution in [1.29, 1.82) is 0 Å². The molecule has 3 aromatic rings. The summed E-state index contributed by atoms with van der Waals surface area (Å²) < 4.78 is 11.0. The van der Waals surface area contributed by atoms with E-state index in [-0.39, 0.29) is 27.2 Å². The average Bonchev–Trinajstić information content (AvgIpc) is 2.83. The van der Waals surface area contributed by atoms with Gasteiger partial charge in [0.05, 0.1) is 16.2 Å². The summed E-state index contributed by atoms with van der Waals surface area (Å²) >= 11 is 3.19. The molecule has 1 amide bonds. The second kappa shape index (κ2) is 11.0. The lowest BCUT2D eigenvalue weighted by Crippen LogP contribution is -2.28. The highest BCUT2D eigenvalue weighted by Crippen LogP contribution is 2.29. The van der Waals surface area contributed by atoms with Crippen molar-refractivity contribution >= 4 is 45.5 Å². The molecule has 0 bridgehead atoms. The molecular weight excluding hydrogens is 496 g/mol. The van der Waals surface area contributed by atoms with Gasteiger partial charge < -0.3 is 14.8 Å². The summed E-state index contributed by atoms with van der Waals surface area (Å²) in [5.74, 6) is -1.29. The number of ether oxygens (including phenoxy) is 2. The Morgan fingerprint density at radius 2 is 1.76 bits per heavy atom. The number of carbonyl (C=O) groups is 3. The molecule has 3 rings (SSSR count). The van der Waals surface area contributed by atoms with E-state index in [9.17, 15) is 24.5 Å². The van der Waals surface area contributed by atoms with Gasteiger partial charge in [0.15, 0.2) is 12.9 Å². The van der Waals surface area contributed by atoms with Crippen molar-refractivity contribution in [3.8, 4) is 5.75 Å². The number of nitrogens with one attached hydrogen (secondary N) is 1. The molecule has 0 aliphatic rings. The monoisotopic (exact) mass is 512 g/mol. The van der Waals surface area contributed by atoms with Crippen molar-refractivity contribution < 1.29 is 28.8 Å². The Hall–Kier alpha value is -4.05. The van der Waals surface area contributed by atoms with Gasteiger partial charge in [-0.25, -0.2) is 4.79 Å². The third kappa shape index (κ3) is 6.23. The molecule has 0 saturated carbocycles. The molecule has 0 aromatic heterocycles. The highest BCUT2D eigenvalue weighted by Gasteiger charge is 2.26. The number of hydrogen-bond donors (Lipinski definition) is 1. The van der Waals surface area contributed by atoms with Crippen LogP contribution in [0.5, 0.6) is 5.75 Å². The van der Waals surface area contributed by atoms with Gasteiger partial charge >= 0.3 is 5.97 Å². The minimum absolute atomic E-state index is 0.154. The number of nitro benzene ring substituents is 1. The third-order valence-corrected chi connectivity index (χ3v) is 5.06. The summed E-state index contributed by atoms with van der Waals surface area (Å²) in [6, 6.07) is 18.6. The SMILES string of the molecule is O=Cc1ccccc1OCC(=O)OC(C(=O)Nc1ccc([N+](=O)[O-])cc1Br)c1ccccc1. The second-order valence-corrected chi connectivity index (χ2v) is 7.49. The number of benzene rings is 3. The maximum Gasteiger partial charge on any atom is 0.345 e. The lowest BCUT2D eigenvalue weighted by Gasteiger charge is -2.19. The molecule has 1 unspecified atom stereocenters. The van der Waals surface area contributed by atoms with Gasteiger partial charge in [-0.2, -0.15) is 0 Å². The van der Waals surface area contributed by atoms with Crippen LogP contribution in [0.3, 0.4) is 0 Å². The number of carbonyl (C=O) groups excluding carboxylic acids is 3. The minimum atomic E-state index is -1.31. The largest absolute Gasteiger partial charge is 0.481 e. The van der Waals surface area contributed by atoms with E-state index in [1.54, 1.807) is 42.5 Å². The summed E-state index contributed by atoms with van der Waals surface area (Å²) in [7, 11) is 0. The molecule has 3 aromatic carbocycles. The van der Waals surface area contributed by atoms with E-state index in [2.05, 4.69) is 21.2 Å². The molecule has 0 aliphatic carbocycles. The van der Waals surface area contributed by atoms with Gasteiger partial charge in [-0.1, -0.05) is 42.5 Å².